The van der Waals surface area contributed by atoms with Gasteiger partial charge in [0.1, 0.15) is 16.7 Å². The average Bonchev–Trinajstić information content (AvgIpc) is 3.06. The number of aromatic nitrogens is 2. The Morgan fingerprint density at radius 2 is 1.71 bits per heavy atom. The number of ether oxygens (including phenoxy) is 2. The van der Waals surface area contributed by atoms with Gasteiger partial charge in [-0.2, -0.15) is 0 Å². The van der Waals surface area contributed by atoms with E-state index in [9.17, 15) is 9.59 Å². The Morgan fingerprint density at radius 1 is 1.03 bits per heavy atom. The lowest BCUT2D eigenvalue weighted by atomic mass is 9.61. The summed E-state index contributed by atoms with van der Waals surface area (Å²) in [6.45, 7) is 4.04. The maximum Gasteiger partial charge on any atom is 0.340 e. The molecule has 7 nitrogen and oxygen atoms in total. The first-order valence-electron chi connectivity index (χ1n) is 11.2. The van der Waals surface area contributed by atoms with Gasteiger partial charge in [0, 0.05) is 18.4 Å². The lowest BCUT2D eigenvalue weighted by molar-refractivity contribution is -0.137. The number of hydrogen-bond donors (Lipinski definition) is 1. The van der Waals surface area contributed by atoms with Gasteiger partial charge in [-0.15, -0.1) is 0 Å². The van der Waals surface area contributed by atoms with Crippen molar-refractivity contribution >= 4 is 22.8 Å². The Hall–Kier alpha value is -4.00. The molecule has 1 unspecified atom stereocenters. The number of fused-ring (bicyclic) bond motifs is 7. The summed E-state index contributed by atoms with van der Waals surface area (Å²) in [5, 5.41) is 0. The normalized spacial score (nSPS) is 22.4. The molecule has 2 N–H and O–H groups in total. The molecule has 7 heteroatoms. The molecule has 2 aromatic carbocycles. The zero-order valence-electron chi connectivity index (χ0n) is 19.1. The molecule has 1 spiro atoms. The van der Waals surface area contributed by atoms with Gasteiger partial charge in [0.25, 0.3) is 0 Å². The average molecular weight is 453 g/mol. The molecule has 34 heavy (non-hydrogen) atoms. The number of allylic oxidation sites excluding steroid dienone is 2. The largest absolute Gasteiger partial charge is 0.465 e. The lowest BCUT2D eigenvalue weighted by Crippen LogP contribution is -2.46. The molecule has 3 aromatic rings. The van der Waals surface area contributed by atoms with E-state index in [1.54, 1.807) is 0 Å². The summed E-state index contributed by atoms with van der Waals surface area (Å²) in [7, 11) is 1.29. The van der Waals surface area contributed by atoms with Crippen LogP contribution in [0, 0.1) is 5.41 Å². The number of para-hydroxylation sites is 2. The number of Topliss-reactive ketones (excluding diaryl/α,β-unsaturated/α-hetero) is 1. The van der Waals surface area contributed by atoms with E-state index in [4.69, 9.17) is 25.2 Å². The number of hydrogen-bond acceptors (Lipinski definition) is 7. The smallest absolute Gasteiger partial charge is 0.340 e. The quantitative estimate of drug-likeness (QED) is 0.557. The molecule has 1 atom stereocenters. The van der Waals surface area contributed by atoms with E-state index >= 15 is 0 Å². The summed E-state index contributed by atoms with van der Waals surface area (Å²) in [5.74, 6) is -0.366. The number of methoxy groups -OCH3 is 1. The van der Waals surface area contributed by atoms with Crippen molar-refractivity contribution in [2.75, 3.05) is 7.11 Å². The topological polar surface area (TPSA) is 104 Å². The van der Waals surface area contributed by atoms with Crippen molar-refractivity contribution in [1.29, 1.82) is 0 Å². The molecule has 0 fully saturated rings. The van der Waals surface area contributed by atoms with E-state index in [0.717, 1.165) is 16.6 Å². The number of nitrogens with two attached hydrogens (primary N) is 1. The fourth-order valence-corrected chi connectivity index (χ4v) is 5.72. The van der Waals surface area contributed by atoms with Crippen molar-refractivity contribution < 1.29 is 19.1 Å². The summed E-state index contributed by atoms with van der Waals surface area (Å²) in [6, 6.07) is 15.2. The van der Waals surface area contributed by atoms with Crippen LogP contribution >= 0.6 is 0 Å². The Kier molecular flexibility index (Phi) is 4.09. The predicted octanol–water partition coefficient (Wildman–Crippen LogP) is 3.91. The van der Waals surface area contributed by atoms with Gasteiger partial charge in [0.05, 0.1) is 35.1 Å². The van der Waals surface area contributed by atoms with Crippen molar-refractivity contribution in [1.82, 2.24) is 9.97 Å². The van der Waals surface area contributed by atoms with Gasteiger partial charge < -0.3 is 15.2 Å². The maximum atomic E-state index is 13.9. The molecule has 0 saturated heterocycles. The first-order chi connectivity index (χ1) is 16.3. The molecule has 0 saturated carbocycles. The zero-order chi connectivity index (χ0) is 23.8. The monoisotopic (exact) mass is 453 g/mol. The van der Waals surface area contributed by atoms with Crippen LogP contribution < -0.4 is 5.73 Å². The van der Waals surface area contributed by atoms with Gasteiger partial charge in [0.15, 0.2) is 5.78 Å². The number of ketones is 1. The fourth-order valence-electron chi connectivity index (χ4n) is 5.72. The molecular weight excluding hydrogens is 430 g/mol. The third-order valence-electron chi connectivity index (χ3n) is 6.97. The van der Waals surface area contributed by atoms with Crippen molar-refractivity contribution in [2.24, 2.45) is 11.1 Å². The number of esters is 1. The second-order valence-electron chi connectivity index (χ2n) is 9.78. The minimum absolute atomic E-state index is 0.0672. The minimum atomic E-state index is -1.36. The van der Waals surface area contributed by atoms with Gasteiger partial charge in [-0.3, -0.25) is 4.79 Å². The highest BCUT2D eigenvalue weighted by atomic mass is 16.5. The first kappa shape index (κ1) is 20.6. The molecule has 3 aliphatic rings. The Bertz CT molecular complexity index is 1500. The highest BCUT2D eigenvalue weighted by Crippen LogP contribution is 2.60. The van der Waals surface area contributed by atoms with E-state index in [1.165, 1.54) is 7.11 Å². The molecule has 2 heterocycles. The van der Waals surface area contributed by atoms with Crippen molar-refractivity contribution in [2.45, 2.75) is 32.1 Å². The molecule has 6 rings (SSSR count). The van der Waals surface area contributed by atoms with E-state index in [0.29, 0.717) is 41.1 Å². The van der Waals surface area contributed by atoms with Crippen molar-refractivity contribution in [3.05, 3.63) is 82.6 Å². The third-order valence-corrected chi connectivity index (χ3v) is 6.97. The standard InChI is InChI=1S/C27H23N3O4/c1-26(2)12-18(31)20-19(13-26)34-24(28)21(25(32)33-3)27(20)15-9-5-4-8-14(15)22-23(27)30-17-11-7-6-10-16(17)29-22/h4-11H,12-13,28H2,1-3H3. The molecule has 0 amide bonds. The van der Waals surface area contributed by atoms with E-state index in [-0.39, 0.29) is 22.7 Å². The maximum absolute atomic E-state index is 13.9. The number of benzene rings is 2. The van der Waals surface area contributed by atoms with Crippen LogP contribution in [0.2, 0.25) is 0 Å². The van der Waals surface area contributed by atoms with Crippen molar-refractivity contribution in [3.8, 4) is 11.3 Å². The van der Waals surface area contributed by atoms with E-state index < -0.39 is 11.4 Å². The molecule has 170 valence electrons. The summed E-state index contributed by atoms with van der Waals surface area (Å²) < 4.78 is 11.2. The van der Waals surface area contributed by atoms with Gasteiger partial charge in [-0.25, -0.2) is 14.8 Å². The molecular formula is C27H23N3O4. The molecule has 2 aliphatic carbocycles. The fraction of sp³-hybridized carbons (Fsp3) is 0.259. The van der Waals surface area contributed by atoms with Gasteiger partial charge in [-0.1, -0.05) is 50.2 Å². The highest BCUT2D eigenvalue weighted by Gasteiger charge is 2.61. The second kappa shape index (κ2) is 6.76. The molecule has 0 bridgehead atoms. The molecule has 1 aliphatic heterocycles. The summed E-state index contributed by atoms with van der Waals surface area (Å²) in [5.41, 5.74) is 9.28. The van der Waals surface area contributed by atoms with Crippen LogP contribution in [0.1, 0.15) is 37.9 Å². The Balaban J connectivity index is 1.81. The van der Waals surface area contributed by atoms with Crippen LogP contribution in [0.15, 0.2) is 71.3 Å². The van der Waals surface area contributed by atoms with Crippen LogP contribution in [0.4, 0.5) is 0 Å². The Labute approximate surface area is 196 Å². The number of carbonyl (C=O) groups excluding carboxylic acids is 2. The molecule has 0 radical (unpaired) electrons. The summed E-state index contributed by atoms with van der Waals surface area (Å²) in [6.07, 6.45) is 0.813. The third kappa shape index (κ3) is 2.52. The van der Waals surface area contributed by atoms with E-state index in [2.05, 4.69) is 0 Å². The number of rotatable bonds is 1. The van der Waals surface area contributed by atoms with Gasteiger partial charge in [-0.05, 0) is 23.1 Å². The van der Waals surface area contributed by atoms with Crippen LogP contribution in [0.5, 0.6) is 0 Å². The van der Waals surface area contributed by atoms with E-state index in [1.807, 2.05) is 62.4 Å². The van der Waals surface area contributed by atoms with Crippen LogP contribution in [0.3, 0.4) is 0 Å². The van der Waals surface area contributed by atoms with Crippen LogP contribution in [-0.4, -0.2) is 28.8 Å². The number of nitrogens with zero attached hydrogens (tertiary/aromatic N) is 2. The highest BCUT2D eigenvalue weighted by molar-refractivity contribution is 6.09. The molecule has 1 aromatic heterocycles. The van der Waals surface area contributed by atoms with Crippen LogP contribution in [0.25, 0.3) is 22.3 Å². The number of carbonyl (C=O) groups is 2. The predicted molar refractivity (Wildman–Crippen MR) is 125 cm³/mol. The first-order valence-corrected chi connectivity index (χ1v) is 11.2. The second-order valence-corrected chi connectivity index (χ2v) is 9.78. The summed E-state index contributed by atoms with van der Waals surface area (Å²) >= 11 is 0. The SMILES string of the molecule is COC(=O)C1=C(N)OC2=C(C(=O)CC(C)(C)C2)C12c1ccccc1-c1nc3ccccc3nc12. The van der Waals surface area contributed by atoms with Gasteiger partial charge in [0.2, 0.25) is 5.88 Å². The summed E-state index contributed by atoms with van der Waals surface area (Å²) in [4.78, 5) is 37.1. The van der Waals surface area contributed by atoms with Crippen molar-refractivity contribution in [3.63, 3.8) is 0 Å². The minimum Gasteiger partial charge on any atom is -0.465 e. The zero-order valence-corrected chi connectivity index (χ0v) is 19.1. The van der Waals surface area contributed by atoms with Crippen LogP contribution in [-0.2, 0) is 24.5 Å². The Morgan fingerprint density at radius 3 is 2.44 bits per heavy atom. The lowest BCUT2D eigenvalue weighted by Gasteiger charge is -2.43. The van der Waals surface area contributed by atoms with Gasteiger partial charge >= 0.3 is 5.97 Å².